The van der Waals surface area contributed by atoms with E-state index >= 15 is 0 Å². The Balaban J connectivity index is 2.76. The quantitative estimate of drug-likeness (QED) is 0.696. The highest BCUT2D eigenvalue weighted by atomic mass is 19.1. The van der Waals surface area contributed by atoms with Crippen LogP contribution in [0, 0.1) is 5.95 Å². The summed E-state index contributed by atoms with van der Waals surface area (Å²) in [5, 5.41) is 5.66. The highest BCUT2D eigenvalue weighted by Crippen LogP contribution is 2.07. The SMILES string of the molecule is CCCNc1nc(F)cc(NC)n1. The number of hydrogen-bond donors (Lipinski definition) is 2. The number of halogens is 1. The van der Waals surface area contributed by atoms with Crippen LogP contribution in [0.2, 0.25) is 0 Å². The molecule has 0 saturated carbocycles. The molecule has 0 aliphatic rings. The molecule has 13 heavy (non-hydrogen) atoms. The van der Waals surface area contributed by atoms with Crippen molar-refractivity contribution in [3.63, 3.8) is 0 Å². The summed E-state index contributed by atoms with van der Waals surface area (Å²) < 4.78 is 12.8. The summed E-state index contributed by atoms with van der Waals surface area (Å²) in [6.45, 7) is 2.76. The molecule has 1 rings (SSSR count). The minimum atomic E-state index is -0.530. The molecular formula is C8H13FN4. The molecule has 5 heteroatoms. The Labute approximate surface area is 76.6 Å². The van der Waals surface area contributed by atoms with E-state index in [9.17, 15) is 4.39 Å². The van der Waals surface area contributed by atoms with E-state index in [4.69, 9.17) is 0 Å². The summed E-state index contributed by atoms with van der Waals surface area (Å²) in [6, 6.07) is 1.25. The van der Waals surface area contributed by atoms with E-state index in [1.54, 1.807) is 7.05 Å². The Kier molecular flexibility index (Phi) is 3.42. The third kappa shape index (κ3) is 2.85. The van der Waals surface area contributed by atoms with E-state index in [0.29, 0.717) is 11.8 Å². The second-order valence-corrected chi connectivity index (χ2v) is 2.58. The number of aromatic nitrogens is 2. The lowest BCUT2D eigenvalue weighted by atomic mass is 10.5. The van der Waals surface area contributed by atoms with Gasteiger partial charge in [-0.15, -0.1) is 0 Å². The van der Waals surface area contributed by atoms with Crippen LogP contribution in [-0.4, -0.2) is 23.6 Å². The highest BCUT2D eigenvalue weighted by Gasteiger charge is 2.01. The number of anilines is 2. The van der Waals surface area contributed by atoms with Crippen LogP contribution in [0.3, 0.4) is 0 Å². The Hall–Kier alpha value is -1.39. The van der Waals surface area contributed by atoms with Gasteiger partial charge in [0.2, 0.25) is 11.9 Å². The largest absolute Gasteiger partial charge is 0.373 e. The van der Waals surface area contributed by atoms with Gasteiger partial charge < -0.3 is 10.6 Å². The van der Waals surface area contributed by atoms with Crippen LogP contribution < -0.4 is 10.6 Å². The zero-order valence-corrected chi connectivity index (χ0v) is 7.76. The molecule has 0 radical (unpaired) electrons. The van der Waals surface area contributed by atoms with Crippen LogP contribution in [0.5, 0.6) is 0 Å². The van der Waals surface area contributed by atoms with Gasteiger partial charge in [0.05, 0.1) is 0 Å². The number of nitrogens with one attached hydrogen (secondary N) is 2. The van der Waals surface area contributed by atoms with E-state index in [1.165, 1.54) is 6.07 Å². The van der Waals surface area contributed by atoms with Crippen molar-refractivity contribution in [2.24, 2.45) is 0 Å². The molecule has 0 aromatic carbocycles. The fraction of sp³-hybridized carbons (Fsp3) is 0.500. The molecule has 1 heterocycles. The maximum absolute atomic E-state index is 12.8. The van der Waals surface area contributed by atoms with Crippen LogP contribution in [0.25, 0.3) is 0 Å². The number of rotatable bonds is 4. The van der Waals surface area contributed by atoms with Gasteiger partial charge in [-0.3, -0.25) is 0 Å². The Morgan fingerprint density at radius 2 is 2.23 bits per heavy atom. The van der Waals surface area contributed by atoms with Crippen molar-refractivity contribution in [2.75, 3.05) is 24.2 Å². The average Bonchev–Trinajstić information content (AvgIpc) is 2.14. The monoisotopic (exact) mass is 184 g/mol. The Morgan fingerprint density at radius 1 is 1.46 bits per heavy atom. The molecule has 0 aliphatic heterocycles. The third-order valence-corrected chi connectivity index (χ3v) is 1.48. The molecular weight excluding hydrogens is 171 g/mol. The van der Waals surface area contributed by atoms with E-state index in [2.05, 4.69) is 20.6 Å². The third-order valence-electron chi connectivity index (χ3n) is 1.48. The van der Waals surface area contributed by atoms with Crippen LogP contribution >= 0.6 is 0 Å². The molecule has 0 aliphatic carbocycles. The maximum atomic E-state index is 12.8. The van der Waals surface area contributed by atoms with E-state index in [1.807, 2.05) is 6.92 Å². The minimum Gasteiger partial charge on any atom is -0.373 e. The molecule has 0 fully saturated rings. The average molecular weight is 184 g/mol. The van der Waals surface area contributed by atoms with Crippen molar-refractivity contribution in [3.8, 4) is 0 Å². The Morgan fingerprint density at radius 3 is 2.85 bits per heavy atom. The lowest BCUT2D eigenvalue weighted by Gasteiger charge is -2.04. The minimum absolute atomic E-state index is 0.325. The predicted octanol–water partition coefficient (Wildman–Crippen LogP) is 1.48. The van der Waals surface area contributed by atoms with Gasteiger partial charge in [-0.1, -0.05) is 6.92 Å². The number of hydrogen-bond acceptors (Lipinski definition) is 4. The van der Waals surface area contributed by atoms with Crippen molar-refractivity contribution < 1.29 is 4.39 Å². The van der Waals surface area contributed by atoms with Crippen LogP contribution in [-0.2, 0) is 0 Å². The second kappa shape index (κ2) is 4.59. The molecule has 72 valence electrons. The molecule has 0 atom stereocenters. The van der Waals surface area contributed by atoms with Gasteiger partial charge in [0, 0.05) is 19.7 Å². The summed E-state index contributed by atoms with van der Waals surface area (Å²) in [5.41, 5.74) is 0. The summed E-state index contributed by atoms with van der Waals surface area (Å²) in [5.74, 6) is 0.273. The van der Waals surface area contributed by atoms with Gasteiger partial charge in [-0.2, -0.15) is 14.4 Å². The van der Waals surface area contributed by atoms with E-state index in [-0.39, 0.29) is 0 Å². The molecule has 1 aromatic rings. The van der Waals surface area contributed by atoms with Crippen LogP contribution in [0.4, 0.5) is 16.2 Å². The molecule has 4 nitrogen and oxygen atoms in total. The first-order chi connectivity index (χ1) is 6.26. The van der Waals surface area contributed by atoms with Crippen molar-refractivity contribution >= 4 is 11.8 Å². The smallest absolute Gasteiger partial charge is 0.227 e. The highest BCUT2D eigenvalue weighted by molar-refractivity contribution is 5.39. The first kappa shape index (κ1) is 9.70. The van der Waals surface area contributed by atoms with Crippen LogP contribution in [0.15, 0.2) is 6.07 Å². The lowest BCUT2D eigenvalue weighted by molar-refractivity contribution is 0.582. The fourth-order valence-electron chi connectivity index (χ4n) is 0.862. The van der Waals surface area contributed by atoms with Gasteiger partial charge in [-0.05, 0) is 6.42 Å². The molecule has 1 aromatic heterocycles. The molecule has 0 spiro atoms. The Bertz CT molecular complexity index is 277. The van der Waals surface area contributed by atoms with Crippen molar-refractivity contribution in [1.29, 1.82) is 0 Å². The maximum Gasteiger partial charge on any atom is 0.227 e. The summed E-state index contributed by atoms with van der Waals surface area (Å²) in [7, 11) is 1.69. The van der Waals surface area contributed by atoms with Crippen molar-refractivity contribution in [1.82, 2.24) is 9.97 Å². The van der Waals surface area contributed by atoms with E-state index in [0.717, 1.165) is 13.0 Å². The van der Waals surface area contributed by atoms with Crippen LogP contribution in [0.1, 0.15) is 13.3 Å². The van der Waals surface area contributed by atoms with Crippen molar-refractivity contribution in [2.45, 2.75) is 13.3 Å². The topological polar surface area (TPSA) is 49.8 Å². The first-order valence-corrected chi connectivity index (χ1v) is 4.22. The first-order valence-electron chi connectivity index (χ1n) is 4.22. The van der Waals surface area contributed by atoms with Gasteiger partial charge in [-0.25, -0.2) is 0 Å². The zero-order valence-electron chi connectivity index (χ0n) is 7.76. The standard InChI is InChI=1S/C8H13FN4/c1-3-4-11-8-12-6(9)5-7(10-2)13-8/h5H,3-4H2,1-2H3,(H2,10,11,12,13). The van der Waals surface area contributed by atoms with Crippen molar-refractivity contribution in [3.05, 3.63) is 12.0 Å². The van der Waals surface area contributed by atoms with Gasteiger partial charge in [0.15, 0.2) is 0 Å². The molecule has 0 saturated heterocycles. The van der Waals surface area contributed by atoms with Gasteiger partial charge in [0.1, 0.15) is 5.82 Å². The second-order valence-electron chi connectivity index (χ2n) is 2.58. The lowest BCUT2D eigenvalue weighted by Crippen LogP contribution is -2.07. The molecule has 0 bridgehead atoms. The normalized spacial score (nSPS) is 9.77. The molecule has 0 unspecified atom stereocenters. The summed E-state index contributed by atoms with van der Waals surface area (Å²) in [4.78, 5) is 7.61. The zero-order chi connectivity index (χ0) is 9.68. The summed E-state index contributed by atoms with van der Waals surface area (Å²) >= 11 is 0. The molecule has 0 amide bonds. The fourth-order valence-corrected chi connectivity index (χ4v) is 0.862. The van der Waals surface area contributed by atoms with Gasteiger partial charge in [0.25, 0.3) is 0 Å². The van der Waals surface area contributed by atoms with Gasteiger partial charge >= 0.3 is 0 Å². The predicted molar refractivity (Wildman–Crippen MR) is 50.3 cm³/mol. The number of nitrogens with zero attached hydrogens (tertiary/aromatic N) is 2. The van der Waals surface area contributed by atoms with E-state index < -0.39 is 5.95 Å². The molecule has 2 N–H and O–H groups in total. The summed E-state index contributed by atoms with van der Waals surface area (Å²) in [6.07, 6.45) is 0.953.